The molecule has 3 N–H and O–H groups in total. The monoisotopic (exact) mass is 202 g/mol. The third kappa shape index (κ3) is 2.19. The van der Waals surface area contributed by atoms with Crippen molar-refractivity contribution < 1.29 is 9.52 Å². The zero-order chi connectivity index (χ0) is 10.0. The van der Waals surface area contributed by atoms with Crippen LogP contribution >= 0.6 is 11.6 Å². The number of amides is 1. The first-order valence-electron chi connectivity index (χ1n) is 3.34. The van der Waals surface area contributed by atoms with Gasteiger partial charge in [-0.05, 0) is 11.6 Å². The minimum absolute atomic E-state index is 0.0494. The van der Waals surface area contributed by atoms with E-state index in [9.17, 15) is 10.0 Å². The summed E-state index contributed by atoms with van der Waals surface area (Å²) in [6.45, 7) is 1.25. The smallest absolute Gasteiger partial charge is 0.355 e. The number of carbonyl (C=O) groups is 1. The number of halogens is 1. The van der Waals surface area contributed by atoms with E-state index in [2.05, 4.69) is 10.3 Å². The minimum Gasteiger partial charge on any atom is -0.754 e. The Morgan fingerprint density at radius 1 is 1.85 bits per heavy atom. The average molecular weight is 203 g/mol. The number of nitrogens with two attached hydrogens (primary N) is 1. The molecule has 0 unspecified atom stereocenters. The highest BCUT2D eigenvalue weighted by Crippen LogP contribution is 2.09. The van der Waals surface area contributed by atoms with E-state index in [0.717, 1.165) is 0 Å². The number of carbonyl (C=O) groups excluding carboxylic acids is 1. The van der Waals surface area contributed by atoms with Crippen molar-refractivity contribution in [2.45, 2.75) is 6.92 Å². The number of hydrogen-bond donors (Lipinski definition) is 2. The molecule has 0 radical (unpaired) electrons. The van der Waals surface area contributed by atoms with Gasteiger partial charge in [-0.1, -0.05) is 4.98 Å². The number of nitrogen functional groups attached to an aromatic ring is 1. The van der Waals surface area contributed by atoms with Crippen LogP contribution in [0.25, 0.3) is 0 Å². The summed E-state index contributed by atoms with van der Waals surface area (Å²) in [6.07, 6.45) is 0. The summed E-state index contributed by atoms with van der Waals surface area (Å²) in [5, 5.41) is 13.4. The van der Waals surface area contributed by atoms with Crippen LogP contribution in [0.1, 0.15) is 6.92 Å². The number of hydrogen-bond acceptors (Lipinski definition) is 4. The molecule has 0 bridgehead atoms. The van der Waals surface area contributed by atoms with Crippen LogP contribution in [0.15, 0.2) is 6.07 Å². The van der Waals surface area contributed by atoms with Crippen molar-refractivity contribution in [2.75, 3.05) is 11.1 Å². The molecule has 1 aromatic heterocycles. The molecule has 1 amide bonds. The number of nitrogens with zero attached hydrogens (tertiary/aromatic N) is 2. The van der Waals surface area contributed by atoms with E-state index in [-0.39, 0.29) is 21.6 Å². The summed E-state index contributed by atoms with van der Waals surface area (Å²) in [5.74, 6) is -0.764. The molecule has 0 aliphatic heterocycles. The summed E-state index contributed by atoms with van der Waals surface area (Å²) in [6, 6.07) is 1.19. The molecule has 1 aromatic rings. The minimum atomic E-state index is -0.418. The maximum Gasteiger partial charge on any atom is 0.355 e. The molecule has 1 rings (SSSR count). The van der Waals surface area contributed by atoms with Gasteiger partial charge in [0.1, 0.15) is 0 Å². The Hall–Kier alpha value is -1.56. The maximum atomic E-state index is 11.1. The lowest BCUT2D eigenvalue weighted by Gasteiger charge is -2.10. The van der Waals surface area contributed by atoms with Crippen LogP contribution in [0.3, 0.4) is 0 Å². The van der Waals surface area contributed by atoms with Crippen molar-refractivity contribution in [3.63, 3.8) is 0 Å². The quantitative estimate of drug-likeness (QED) is 0.378. The Bertz CT molecular complexity index is 355. The molecule has 0 fully saturated rings. The lowest BCUT2D eigenvalue weighted by molar-refractivity contribution is -0.577. The number of rotatable bonds is 1. The summed E-state index contributed by atoms with van der Waals surface area (Å²) in [7, 11) is 0. The number of anilines is 2. The Morgan fingerprint density at radius 3 is 3.00 bits per heavy atom. The third-order valence-corrected chi connectivity index (χ3v) is 1.39. The van der Waals surface area contributed by atoms with E-state index in [1.807, 2.05) is 0 Å². The summed E-state index contributed by atoms with van der Waals surface area (Å²) in [4.78, 5) is 14.2. The van der Waals surface area contributed by atoms with Crippen LogP contribution < -0.4 is 15.8 Å². The Labute approximate surface area is 78.9 Å². The van der Waals surface area contributed by atoms with Crippen molar-refractivity contribution in [1.82, 2.24) is 4.98 Å². The maximum absolute atomic E-state index is 11.1. The van der Waals surface area contributed by atoms with Crippen LogP contribution in [0.5, 0.6) is 0 Å². The first-order chi connectivity index (χ1) is 6.00. The molecule has 0 aliphatic rings. The molecule has 0 saturated carbocycles. The van der Waals surface area contributed by atoms with Gasteiger partial charge in [-0.25, -0.2) is 10.0 Å². The Balaban J connectivity index is 3.12. The van der Waals surface area contributed by atoms with E-state index in [0.29, 0.717) is 0 Å². The van der Waals surface area contributed by atoms with Gasteiger partial charge >= 0.3 is 5.95 Å². The molecular formula is C6H7ClN4O2. The molecule has 0 saturated heterocycles. The highest BCUT2D eigenvalue weighted by Gasteiger charge is 2.11. The van der Waals surface area contributed by atoms with Gasteiger partial charge in [-0.3, -0.25) is 4.79 Å². The second kappa shape index (κ2) is 3.44. The molecule has 70 valence electrons. The fraction of sp³-hybridized carbons (Fsp3) is 0.167. The van der Waals surface area contributed by atoms with Gasteiger partial charge in [0.25, 0.3) is 5.91 Å². The van der Waals surface area contributed by atoms with Crippen molar-refractivity contribution in [3.8, 4) is 0 Å². The van der Waals surface area contributed by atoms with Gasteiger partial charge in [0.05, 0.1) is 6.07 Å². The van der Waals surface area contributed by atoms with Gasteiger partial charge in [-0.2, -0.15) is 0 Å². The molecule has 1 heterocycles. The fourth-order valence-corrected chi connectivity index (χ4v) is 0.910. The van der Waals surface area contributed by atoms with Gasteiger partial charge in [0.2, 0.25) is 0 Å². The van der Waals surface area contributed by atoms with Crippen LogP contribution in [0, 0.1) is 5.21 Å². The number of nitrogens with one attached hydrogen (secondary N) is 1. The molecule has 0 spiro atoms. The number of aromatic nitrogens is 2. The molecule has 0 aromatic carbocycles. The molecule has 0 aliphatic carbocycles. The standard InChI is InChI=1S/C6H7ClN4O2/c1-3(12)9-6-10-4(7)2-5(8)11(6)13/h2H,8H2,1H3,(H,9,10,12). The van der Waals surface area contributed by atoms with Crippen LogP contribution in [0.2, 0.25) is 5.15 Å². The lowest BCUT2D eigenvalue weighted by Crippen LogP contribution is -2.36. The first kappa shape index (κ1) is 9.53. The van der Waals surface area contributed by atoms with Gasteiger partial charge in [0.15, 0.2) is 11.0 Å². The van der Waals surface area contributed by atoms with Gasteiger partial charge in [-0.15, -0.1) is 0 Å². The highest BCUT2D eigenvalue weighted by atomic mass is 35.5. The molecule has 6 nitrogen and oxygen atoms in total. The molecular weight excluding hydrogens is 196 g/mol. The normalized spacial score (nSPS) is 9.69. The van der Waals surface area contributed by atoms with Crippen molar-refractivity contribution >= 4 is 29.3 Å². The van der Waals surface area contributed by atoms with Gasteiger partial charge in [0, 0.05) is 6.92 Å². The lowest BCUT2D eigenvalue weighted by atomic mass is 10.6. The summed E-state index contributed by atoms with van der Waals surface area (Å²) >= 11 is 5.51. The largest absolute Gasteiger partial charge is 0.754 e. The van der Waals surface area contributed by atoms with Crippen molar-refractivity contribution in [1.29, 1.82) is 0 Å². The summed E-state index contributed by atoms with van der Waals surface area (Å²) < 4.78 is 0.285. The van der Waals surface area contributed by atoms with Crippen molar-refractivity contribution in [3.05, 3.63) is 16.4 Å². The van der Waals surface area contributed by atoms with Crippen LogP contribution in [0.4, 0.5) is 11.8 Å². The van der Waals surface area contributed by atoms with Crippen molar-refractivity contribution in [2.24, 2.45) is 0 Å². The Kier molecular flexibility index (Phi) is 2.52. The van der Waals surface area contributed by atoms with Crippen LogP contribution in [-0.4, -0.2) is 10.9 Å². The first-order valence-corrected chi connectivity index (χ1v) is 3.71. The van der Waals surface area contributed by atoms with E-state index in [4.69, 9.17) is 17.3 Å². The second-order valence-corrected chi connectivity index (χ2v) is 2.69. The molecule has 7 heteroatoms. The zero-order valence-corrected chi connectivity index (χ0v) is 7.50. The predicted molar refractivity (Wildman–Crippen MR) is 46.9 cm³/mol. The van der Waals surface area contributed by atoms with Gasteiger partial charge < -0.3 is 10.9 Å². The van der Waals surface area contributed by atoms with Crippen LogP contribution in [-0.2, 0) is 4.79 Å². The molecule has 13 heavy (non-hydrogen) atoms. The van der Waals surface area contributed by atoms with E-state index in [1.165, 1.54) is 13.0 Å². The predicted octanol–water partition coefficient (Wildman–Crippen LogP) is -0.0910. The van der Waals surface area contributed by atoms with E-state index < -0.39 is 5.91 Å². The topological polar surface area (TPSA) is 95.0 Å². The Morgan fingerprint density at radius 2 is 2.46 bits per heavy atom. The third-order valence-electron chi connectivity index (χ3n) is 1.19. The van der Waals surface area contributed by atoms with E-state index >= 15 is 0 Å². The van der Waals surface area contributed by atoms with E-state index in [1.54, 1.807) is 0 Å². The highest BCUT2D eigenvalue weighted by molar-refractivity contribution is 6.29. The molecule has 0 atom stereocenters. The summed E-state index contributed by atoms with van der Waals surface area (Å²) in [5.41, 5.74) is 5.27. The zero-order valence-electron chi connectivity index (χ0n) is 6.74. The second-order valence-electron chi connectivity index (χ2n) is 2.30. The average Bonchev–Trinajstić information content (AvgIpc) is 1.98. The SMILES string of the molecule is CC(=O)Nc1nc(Cl)cc(N)[n+]1[O-]. The fourth-order valence-electron chi connectivity index (χ4n) is 0.718.